The predicted octanol–water partition coefficient (Wildman–Crippen LogP) is 1.96. The zero-order chi connectivity index (χ0) is 16.6. The summed E-state index contributed by atoms with van der Waals surface area (Å²) >= 11 is 0. The first-order valence-corrected chi connectivity index (χ1v) is 9.03. The molecule has 0 N–H and O–H groups in total. The summed E-state index contributed by atoms with van der Waals surface area (Å²) in [5.41, 5.74) is 0.980. The zero-order valence-electron chi connectivity index (χ0n) is 13.5. The van der Waals surface area contributed by atoms with Crippen molar-refractivity contribution in [1.82, 2.24) is 13.9 Å². The van der Waals surface area contributed by atoms with Crippen LogP contribution in [0.4, 0.5) is 0 Å². The first kappa shape index (κ1) is 16.2. The number of imidazole rings is 1. The number of hydrogen-bond acceptors (Lipinski definition) is 4. The number of nitrogens with zero attached hydrogens (tertiary/aromatic N) is 3. The number of morpholine rings is 1. The number of ether oxygens (including phenoxy) is 1. The molecular formula is C16H21N3O3S. The second-order valence-electron chi connectivity index (χ2n) is 5.97. The molecule has 23 heavy (non-hydrogen) atoms. The molecule has 124 valence electrons. The van der Waals surface area contributed by atoms with Gasteiger partial charge < -0.3 is 9.30 Å². The molecule has 1 aliphatic heterocycles. The Morgan fingerprint density at radius 2 is 1.91 bits per heavy atom. The number of aryl methyl sites for hydroxylation is 1. The molecule has 1 aromatic carbocycles. The van der Waals surface area contributed by atoms with E-state index in [1.54, 1.807) is 11.6 Å². The fourth-order valence-corrected chi connectivity index (χ4v) is 4.87. The number of hydrogen-bond donors (Lipinski definition) is 0. The minimum Gasteiger partial charge on any atom is -0.370 e. The Bertz CT molecular complexity index is 773. The van der Waals surface area contributed by atoms with Gasteiger partial charge in [0.05, 0.1) is 25.1 Å². The Labute approximate surface area is 136 Å². The largest absolute Gasteiger partial charge is 0.370 e. The molecule has 0 radical (unpaired) electrons. The van der Waals surface area contributed by atoms with E-state index in [4.69, 9.17) is 4.74 Å². The molecule has 3 rings (SSSR count). The summed E-state index contributed by atoms with van der Waals surface area (Å²) in [6.07, 6.45) is 2.74. The third-order valence-corrected chi connectivity index (χ3v) is 6.13. The smallest absolute Gasteiger partial charge is 0.262 e. The molecule has 0 aliphatic carbocycles. The number of sulfonamides is 1. The summed E-state index contributed by atoms with van der Waals surface area (Å²) in [5, 5.41) is 0.0763. The topological polar surface area (TPSA) is 64.4 Å². The van der Waals surface area contributed by atoms with Gasteiger partial charge >= 0.3 is 0 Å². The van der Waals surface area contributed by atoms with Crippen LogP contribution in [0, 0.1) is 0 Å². The van der Waals surface area contributed by atoms with Gasteiger partial charge in [0.25, 0.3) is 10.0 Å². The SMILES string of the molecule is C[C@@H]1CO[C@H](c2ccccc2)[C@@H](C)N1S(=O)(=O)c1cn(C)cn1. The first-order valence-electron chi connectivity index (χ1n) is 7.59. The third-order valence-electron chi connectivity index (χ3n) is 4.14. The lowest BCUT2D eigenvalue weighted by atomic mass is 10.0. The van der Waals surface area contributed by atoms with Crippen LogP contribution in [0.1, 0.15) is 25.5 Å². The van der Waals surface area contributed by atoms with E-state index in [2.05, 4.69) is 4.98 Å². The highest BCUT2D eigenvalue weighted by atomic mass is 32.2. The molecule has 2 aromatic rings. The van der Waals surface area contributed by atoms with Gasteiger partial charge in [-0.15, -0.1) is 0 Å². The van der Waals surface area contributed by atoms with Gasteiger partial charge in [-0.05, 0) is 19.4 Å². The predicted molar refractivity (Wildman–Crippen MR) is 86.3 cm³/mol. The van der Waals surface area contributed by atoms with E-state index in [1.165, 1.54) is 16.8 Å². The van der Waals surface area contributed by atoms with Crippen LogP contribution in [0.25, 0.3) is 0 Å². The summed E-state index contributed by atoms with van der Waals surface area (Å²) in [5.74, 6) is 0. The maximum Gasteiger partial charge on any atom is 0.262 e. The van der Waals surface area contributed by atoms with Crippen LogP contribution in [0.15, 0.2) is 47.9 Å². The second kappa shape index (κ2) is 6.07. The van der Waals surface area contributed by atoms with Crippen molar-refractivity contribution in [2.45, 2.75) is 37.1 Å². The van der Waals surface area contributed by atoms with E-state index >= 15 is 0 Å². The maximum atomic E-state index is 13.0. The summed E-state index contributed by atoms with van der Waals surface area (Å²) < 4.78 is 35.1. The highest BCUT2D eigenvalue weighted by Crippen LogP contribution is 2.34. The second-order valence-corrected chi connectivity index (χ2v) is 7.76. The number of rotatable bonds is 3. The summed E-state index contributed by atoms with van der Waals surface area (Å²) in [6.45, 7) is 4.10. The van der Waals surface area contributed by atoms with E-state index in [0.29, 0.717) is 6.61 Å². The van der Waals surface area contributed by atoms with Crippen molar-refractivity contribution in [1.29, 1.82) is 0 Å². The Balaban J connectivity index is 1.97. The molecule has 0 saturated carbocycles. The lowest BCUT2D eigenvalue weighted by Gasteiger charge is -2.42. The van der Waals surface area contributed by atoms with Crippen molar-refractivity contribution in [2.75, 3.05) is 6.61 Å². The van der Waals surface area contributed by atoms with Gasteiger partial charge in [0.15, 0.2) is 5.03 Å². The van der Waals surface area contributed by atoms with Gasteiger partial charge in [0, 0.05) is 19.3 Å². The van der Waals surface area contributed by atoms with E-state index in [9.17, 15) is 8.42 Å². The molecule has 2 heterocycles. The standard InChI is InChI=1S/C16H21N3O3S/c1-12-10-22-16(14-7-5-4-6-8-14)13(2)19(12)23(20,21)15-9-18(3)11-17-15/h4-9,11-13,16H,10H2,1-3H3/t12-,13-,16+/m1/s1. The highest BCUT2D eigenvalue weighted by Gasteiger charge is 2.42. The van der Waals surface area contributed by atoms with Crippen molar-refractivity contribution in [3.63, 3.8) is 0 Å². The molecule has 1 fully saturated rings. The molecule has 7 heteroatoms. The average molecular weight is 335 g/mol. The monoisotopic (exact) mass is 335 g/mol. The Morgan fingerprint density at radius 3 is 2.52 bits per heavy atom. The number of benzene rings is 1. The highest BCUT2D eigenvalue weighted by molar-refractivity contribution is 7.89. The normalized spacial score (nSPS) is 26.3. The minimum absolute atomic E-state index is 0.0763. The number of aromatic nitrogens is 2. The summed E-state index contributed by atoms with van der Waals surface area (Å²) in [6, 6.07) is 9.17. The molecule has 3 atom stereocenters. The fraction of sp³-hybridized carbons (Fsp3) is 0.438. The lowest BCUT2D eigenvalue weighted by Crippen LogP contribution is -2.53. The van der Waals surface area contributed by atoms with Gasteiger partial charge in [0.2, 0.25) is 0 Å². The minimum atomic E-state index is -3.66. The van der Waals surface area contributed by atoms with Gasteiger partial charge in [-0.2, -0.15) is 4.31 Å². The fourth-order valence-electron chi connectivity index (χ4n) is 3.09. The molecule has 0 bridgehead atoms. The molecule has 1 aromatic heterocycles. The molecule has 0 amide bonds. The van der Waals surface area contributed by atoms with Gasteiger partial charge in [-0.3, -0.25) is 0 Å². The molecule has 0 spiro atoms. The van der Waals surface area contributed by atoms with Crippen molar-refractivity contribution in [3.8, 4) is 0 Å². The average Bonchev–Trinajstić information content (AvgIpc) is 2.95. The van der Waals surface area contributed by atoms with Gasteiger partial charge in [-0.1, -0.05) is 30.3 Å². The van der Waals surface area contributed by atoms with Crippen LogP contribution in [0.2, 0.25) is 0 Å². The van der Waals surface area contributed by atoms with Crippen LogP contribution < -0.4 is 0 Å². The van der Waals surface area contributed by atoms with E-state index in [-0.39, 0.29) is 23.2 Å². The first-order chi connectivity index (χ1) is 10.9. The van der Waals surface area contributed by atoms with Crippen molar-refractivity contribution < 1.29 is 13.2 Å². The Kier molecular flexibility index (Phi) is 4.27. The molecule has 6 nitrogen and oxygen atoms in total. The Hall–Kier alpha value is -1.70. The maximum absolute atomic E-state index is 13.0. The van der Waals surface area contributed by atoms with Gasteiger partial charge in [-0.25, -0.2) is 13.4 Å². The lowest BCUT2D eigenvalue weighted by molar-refractivity contribution is -0.0618. The van der Waals surface area contributed by atoms with Gasteiger partial charge in [0.1, 0.15) is 0 Å². The molecule has 0 unspecified atom stereocenters. The van der Waals surface area contributed by atoms with Crippen LogP contribution >= 0.6 is 0 Å². The van der Waals surface area contributed by atoms with Crippen molar-refractivity contribution in [2.24, 2.45) is 7.05 Å². The zero-order valence-corrected chi connectivity index (χ0v) is 14.3. The quantitative estimate of drug-likeness (QED) is 0.860. The van der Waals surface area contributed by atoms with Crippen LogP contribution in [-0.4, -0.2) is 41.0 Å². The third kappa shape index (κ3) is 2.91. The van der Waals surface area contributed by atoms with Crippen LogP contribution in [0.5, 0.6) is 0 Å². The summed E-state index contributed by atoms with van der Waals surface area (Å²) in [4.78, 5) is 4.02. The molecule has 1 saturated heterocycles. The van der Waals surface area contributed by atoms with E-state index in [0.717, 1.165) is 5.56 Å². The van der Waals surface area contributed by atoms with Crippen LogP contribution in [0.3, 0.4) is 0 Å². The van der Waals surface area contributed by atoms with E-state index < -0.39 is 10.0 Å². The van der Waals surface area contributed by atoms with Crippen LogP contribution in [-0.2, 0) is 21.8 Å². The van der Waals surface area contributed by atoms with E-state index in [1.807, 2.05) is 44.2 Å². The Morgan fingerprint density at radius 1 is 1.22 bits per heavy atom. The van der Waals surface area contributed by atoms with Crippen molar-refractivity contribution >= 4 is 10.0 Å². The molecule has 1 aliphatic rings. The summed E-state index contributed by atoms with van der Waals surface area (Å²) in [7, 11) is -1.90. The molecular weight excluding hydrogens is 314 g/mol. The van der Waals surface area contributed by atoms with Crippen molar-refractivity contribution in [3.05, 3.63) is 48.4 Å².